The number of hydrogen-bond donors (Lipinski definition) is 1. The third-order valence-electron chi connectivity index (χ3n) is 3.90. The summed E-state index contributed by atoms with van der Waals surface area (Å²) < 4.78 is 5.23. The first kappa shape index (κ1) is 16.0. The Kier molecular flexibility index (Phi) is 6.70. The lowest BCUT2D eigenvalue weighted by Gasteiger charge is -2.27. The second kappa shape index (κ2) is 8.80. The molecule has 1 fully saturated rings. The van der Waals surface area contributed by atoms with Crippen molar-refractivity contribution in [3.05, 3.63) is 35.9 Å². The Bertz CT molecular complexity index is 415. The number of carbonyl (C=O) groups excluding carboxylic acids is 1. The fourth-order valence-electron chi connectivity index (χ4n) is 2.58. The molecule has 1 aliphatic rings. The van der Waals surface area contributed by atoms with Gasteiger partial charge in [-0.25, -0.2) is 0 Å². The van der Waals surface area contributed by atoms with E-state index in [1.54, 1.807) is 0 Å². The van der Waals surface area contributed by atoms with Gasteiger partial charge in [0.15, 0.2) is 0 Å². The summed E-state index contributed by atoms with van der Waals surface area (Å²) in [7, 11) is 0. The first-order valence-corrected chi connectivity index (χ1v) is 7.83. The fourth-order valence-corrected chi connectivity index (χ4v) is 2.58. The predicted molar refractivity (Wildman–Crippen MR) is 82.0 cm³/mol. The van der Waals surface area contributed by atoms with Crippen LogP contribution in [0.1, 0.15) is 31.2 Å². The van der Waals surface area contributed by atoms with Crippen LogP contribution in [0.4, 0.5) is 0 Å². The minimum Gasteiger partial charge on any atom is -0.393 e. The molecule has 4 nitrogen and oxygen atoms in total. The van der Waals surface area contributed by atoms with E-state index in [2.05, 4.69) is 12.1 Å². The number of amides is 1. The highest BCUT2D eigenvalue weighted by Crippen LogP contribution is 2.11. The zero-order valence-corrected chi connectivity index (χ0v) is 12.5. The van der Waals surface area contributed by atoms with Crippen LogP contribution in [0.2, 0.25) is 0 Å². The number of benzene rings is 1. The van der Waals surface area contributed by atoms with Gasteiger partial charge < -0.3 is 14.7 Å². The van der Waals surface area contributed by atoms with Crippen LogP contribution in [0.25, 0.3) is 0 Å². The second-order valence-corrected chi connectivity index (χ2v) is 5.56. The van der Waals surface area contributed by atoms with Crippen molar-refractivity contribution in [3.8, 4) is 0 Å². The number of aryl methyl sites for hydroxylation is 1. The van der Waals surface area contributed by atoms with Crippen molar-refractivity contribution in [3.63, 3.8) is 0 Å². The molecule has 21 heavy (non-hydrogen) atoms. The van der Waals surface area contributed by atoms with Crippen molar-refractivity contribution in [2.75, 3.05) is 26.3 Å². The van der Waals surface area contributed by atoms with Gasteiger partial charge in [0, 0.05) is 19.5 Å². The minimum absolute atomic E-state index is 0.188. The number of aliphatic hydroxyl groups excluding tert-OH is 1. The average Bonchev–Trinajstić information content (AvgIpc) is 2.54. The van der Waals surface area contributed by atoms with E-state index in [0.717, 1.165) is 19.3 Å². The molecule has 1 aromatic rings. The molecular weight excluding hydrogens is 266 g/mol. The zero-order chi connectivity index (χ0) is 14.9. The molecule has 1 amide bonds. The van der Waals surface area contributed by atoms with Gasteiger partial charge in [-0.05, 0) is 31.2 Å². The normalized spacial score (nSPS) is 16.7. The Morgan fingerprint density at radius 1 is 1.19 bits per heavy atom. The molecular formula is C17H25NO3. The average molecular weight is 291 g/mol. The predicted octanol–water partition coefficient (Wildman–Crippen LogP) is 2.01. The molecule has 0 aliphatic carbocycles. The van der Waals surface area contributed by atoms with Crippen molar-refractivity contribution >= 4 is 5.91 Å². The van der Waals surface area contributed by atoms with E-state index in [1.807, 2.05) is 23.1 Å². The Labute approximate surface area is 126 Å². The third-order valence-corrected chi connectivity index (χ3v) is 3.90. The van der Waals surface area contributed by atoms with Crippen molar-refractivity contribution in [1.29, 1.82) is 0 Å². The van der Waals surface area contributed by atoms with Crippen LogP contribution in [0, 0.1) is 0 Å². The number of nitrogens with zero attached hydrogens (tertiary/aromatic N) is 1. The molecule has 0 aromatic heterocycles. The first-order chi connectivity index (χ1) is 10.3. The Morgan fingerprint density at radius 3 is 2.62 bits per heavy atom. The molecule has 1 saturated heterocycles. The van der Waals surface area contributed by atoms with Crippen LogP contribution in [0.3, 0.4) is 0 Å². The lowest BCUT2D eigenvalue weighted by molar-refractivity contribution is -0.135. The maximum Gasteiger partial charge on any atom is 0.222 e. The van der Waals surface area contributed by atoms with Crippen molar-refractivity contribution in [2.45, 2.75) is 38.2 Å². The molecule has 0 spiro atoms. The molecule has 1 atom stereocenters. The molecule has 1 aromatic carbocycles. The van der Waals surface area contributed by atoms with Crippen molar-refractivity contribution in [2.24, 2.45) is 0 Å². The summed E-state index contributed by atoms with van der Waals surface area (Å²) >= 11 is 0. The van der Waals surface area contributed by atoms with Crippen LogP contribution < -0.4 is 0 Å². The number of hydrogen-bond acceptors (Lipinski definition) is 3. The summed E-state index contributed by atoms with van der Waals surface area (Å²) in [5.74, 6) is 0.188. The summed E-state index contributed by atoms with van der Waals surface area (Å²) in [4.78, 5) is 13.8. The van der Waals surface area contributed by atoms with Crippen LogP contribution >= 0.6 is 0 Å². The van der Waals surface area contributed by atoms with Gasteiger partial charge in [0.2, 0.25) is 5.91 Å². The summed E-state index contributed by atoms with van der Waals surface area (Å²) in [6, 6.07) is 10.2. The van der Waals surface area contributed by atoms with E-state index in [9.17, 15) is 9.90 Å². The zero-order valence-electron chi connectivity index (χ0n) is 12.5. The second-order valence-electron chi connectivity index (χ2n) is 5.56. The van der Waals surface area contributed by atoms with Gasteiger partial charge in [-0.15, -0.1) is 0 Å². The Hall–Kier alpha value is -1.39. The standard InChI is InChI=1S/C17H25NO3/c19-16(10-9-15-5-2-1-3-6-15)7-4-8-17(20)18-11-13-21-14-12-18/h1-3,5-6,16,19H,4,7-14H2/t16-/m1/s1. The van der Waals surface area contributed by atoms with Crippen LogP contribution in [0.15, 0.2) is 30.3 Å². The molecule has 2 rings (SSSR count). The van der Waals surface area contributed by atoms with E-state index in [0.29, 0.717) is 39.1 Å². The molecule has 0 bridgehead atoms. The molecule has 1 N–H and O–H groups in total. The number of morpholine rings is 1. The summed E-state index contributed by atoms with van der Waals surface area (Å²) in [5, 5.41) is 9.99. The van der Waals surface area contributed by atoms with Crippen LogP contribution in [0.5, 0.6) is 0 Å². The quantitative estimate of drug-likeness (QED) is 0.836. The van der Waals surface area contributed by atoms with Gasteiger partial charge in [0.05, 0.1) is 19.3 Å². The maximum absolute atomic E-state index is 11.9. The largest absolute Gasteiger partial charge is 0.393 e. The Morgan fingerprint density at radius 2 is 1.90 bits per heavy atom. The number of ether oxygens (including phenoxy) is 1. The van der Waals surface area contributed by atoms with Gasteiger partial charge in [-0.3, -0.25) is 4.79 Å². The van der Waals surface area contributed by atoms with E-state index in [1.165, 1.54) is 5.56 Å². The highest BCUT2D eigenvalue weighted by molar-refractivity contribution is 5.76. The molecule has 116 valence electrons. The summed E-state index contributed by atoms with van der Waals surface area (Å²) in [6.07, 6.45) is 3.31. The van der Waals surface area contributed by atoms with E-state index >= 15 is 0 Å². The van der Waals surface area contributed by atoms with E-state index in [4.69, 9.17) is 4.74 Å². The number of carbonyl (C=O) groups is 1. The minimum atomic E-state index is -0.317. The first-order valence-electron chi connectivity index (χ1n) is 7.83. The molecule has 1 aliphatic heterocycles. The van der Waals surface area contributed by atoms with E-state index < -0.39 is 0 Å². The lowest BCUT2D eigenvalue weighted by Crippen LogP contribution is -2.40. The maximum atomic E-state index is 11.9. The highest BCUT2D eigenvalue weighted by atomic mass is 16.5. The van der Waals surface area contributed by atoms with Crippen LogP contribution in [-0.4, -0.2) is 48.3 Å². The molecule has 0 unspecified atom stereocenters. The SMILES string of the molecule is O=C(CCC[C@@H](O)CCc1ccccc1)N1CCOCC1. The summed E-state index contributed by atoms with van der Waals surface area (Å²) in [6.45, 7) is 2.70. The molecule has 0 saturated carbocycles. The van der Waals surface area contributed by atoms with Gasteiger partial charge in [-0.2, -0.15) is 0 Å². The van der Waals surface area contributed by atoms with Crippen LogP contribution in [-0.2, 0) is 16.0 Å². The van der Waals surface area contributed by atoms with Gasteiger partial charge in [0.1, 0.15) is 0 Å². The van der Waals surface area contributed by atoms with Gasteiger partial charge >= 0.3 is 0 Å². The van der Waals surface area contributed by atoms with Gasteiger partial charge in [-0.1, -0.05) is 30.3 Å². The smallest absolute Gasteiger partial charge is 0.222 e. The third kappa shape index (κ3) is 5.86. The number of aliphatic hydroxyl groups is 1. The lowest BCUT2D eigenvalue weighted by atomic mass is 10.0. The van der Waals surface area contributed by atoms with Gasteiger partial charge in [0.25, 0.3) is 0 Å². The topological polar surface area (TPSA) is 49.8 Å². The fraction of sp³-hybridized carbons (Fsp3) is 0.588. The number of rotatable bonds is 7. The summed E-state index contributed by atoms with van der Waals surface area (Å²) in [5.41, 5.74) is 1.25. The Balaban J connectivity index is 1.58. The highest BCUT2D eigenvalue weighted by Gasteiger charge is 2.16. The van der Waals surface area contributed by atoms with E-state index in [-0.39, 0.29) is 12.0 Å². The van der Waals surface area contributed by atoms with Crippen molar-refractivity contribution < 1.29 is 14.6 Å². The molecule has 4 heteroatoms. The van der Waals surface area contributed by atoms with Crippen molar-refractivity contribution in [1.82, 2.24) is 4.90 Å². The molecule has 1 heterocycles. The molecule has 0 radical (unpaired) electrons. The monoisotopic (exact) mass is 291 g/mol.